The number of hydrogen-bond acceptors (Lipinski definition) is 4. The second kappa shape index (κ2) is 4.23. The van der Waals surface area contributed by atoms with E-state index in [4.69, 9.17) is 10.8 Å². The fourth-order valence-electron chi connectivity index (χ4n) is 2.52. The van der Waals surface area contributed by atoms with E-state index in [1.807, 2.05) is 4.57 Å². The van der Waals surface area contributed by atoms with Crippen molar-refractivity contribution in [3.05, 3.63) is 16.8 Å². The van der Waals surface area contributed by atoms with Gasteiger partial charge in [-0.25, -0.2) is 4.57 Å². The molecule has 0 saturated carbocycles. The van der Waals surface area contributed by atoms with Gasteiger partial charge in [-0.05, 0) is 31.2 Å². The van der Waals surface area contributed by atoms with Gasteiger partial charge in [-0.2, -0.15) is 0 Å². The molecule has 0 unspecified atom stereocenters. The maximum atomic E-state index is 9.00. The van der Waals surface area contributed by atoms with E-state index in [2.05, 4.69) is 4.98 Å². The van der Waals surface area contributed by atoms with Gasteiger partial charge in [0.15, 0.2) is 0 Å². The molecule has 5 heteroatoms. The van der Waals surface area contributed by atoms with Crippen molar-refractivity contribution >= 4 is 27.4 Å². The molecule has 0 bridgehead atoms. The minimum absolute atomic E-state index is 0.0916. The topological polar surface area (TPSA) is 63.0 Å². The van der Waals surface area contributed by atoms with Crippen molar-refractivity contribution in [2.75, 3.05) is 12.3 Å². The van der Waals surface area contributed by atoms with Crippen LogP contribution in [0.2, 0.25) is 0 Å². The van der Waals surface area contributed by atoms with Gasteiger partial charge in [-0.3, -0.25) is 0 Å². The quantitative estimate of drug-likeness (QED) is 0.783. The van der Waals surface area contributed by atoms with Crippen LogP contribution in [0.15, 0.2) is 6.33 Å². The summed E-state index contributed by atoms with van der Waals surface area (Å²) in [5.41, 5.74) is 7.59. The zero-order chi connectivity index (χ0) is 11.8. The molecule has 2 aromatic rings. The van der Waals surface area contributed by atoms with Gasteiger partial charge in [0.05, 0.1) is 13.2 Å². The Kier molecular flexibility index (Phi) is 2.72. The summed E-state index contributed by atoms with van der Waals surface area (Å²) in [6, 6.07) is 0. The third-order valence-corrected chi connectivity index (χ3v) is 4.57. The Morgan fingerprint density at radius 3 is 3.06 bits per heavy atom. The molecule has 90 valence electrons. The molecule has 0 aromatic carbocycles. The van der Waals surface area contributed by atoms with E-state index in [0.29, 0.717) is 6.54 Å². The van der Waals surface area contributed by atoms with Crippen molar-refractivity contribution in [3.8, 4) is 0 Å². The van der Waals surface area contributed by atoms with Gasteiger partial charge in [0.2, 0.25) is 17.0 Å². The average molecular weight is 250 g/mol. The first-order valence-corrected chi connectivity index (χ1v) is 6.82. The first-order chi connectivity index (χ1) is 8.31. The number of fused-ring (bicyclic) bond motifs is 3. The van der Waals surface area contributed by atoms with Crippen molar-refractivity contribution in [2.45, 2.75) is 32.2 Å². The van der Waals surface area contributed by atoms with E-state index in [-0.39, 0.29) is 6.61 Å². The van der Waals surface area contributed by atoms with Gasteiger partial charge in [0.1, 0.15) is 5.39 Å². The van der Waals surface area contributed by atoms with Crippen LogP contribution >= 0.6 is 11.3 Å². The van der Waals surface area contributed by atoms with E-state index < -0.39 is 0 Å². The number of aromatic nitrogens is 2. The van der Waals surface area contributed by atoms with Crippen LogP contribution in [0.3, 0.4) is 0 Å². The number of aliphatic hydroxyl groups excluding tert-OH is 1. The molecule has 2 aromatic heterocycles. The molecule has 0 spiro atoms. The second-order valence-corrected chi connectivity index (χ2v) is 5.52. The largest absolute Gasteiger partial charge is 0.393 e. The van der Waals surface area contributed by atoms with Gasteiger partial charge < -0.3 is 10.8 Å². The minimum Gasteiger partial charge on any atom is -0.393 e. The van der Waals surface area contributed by atoms with Crippen LogP contribution in [0, 0.1) is 0 Å². The Morgan fingerprint density at radius 2 is 2.24 bits per heavy atom. The van der Waals surface area contributed by atoms with Crippen molar-refractivity contribution in [1.82, 2.24) is 4.98 Å². The molecule has 17 heavy (non-hydrogen) atoms. The van der Waals surface area contributed by atoms with E-state index in [1.54, 1.807) is 17.7 Å². The number of aryl methyl sites for hydroxylation is 2. The lowest BCUT2D eigenvalue weighted by molar-refractivity contribution is -0.685. The fraction of sp³-hybridized carbons (Fsp3) is 0.500. The lowest BCUT2D eigenvalue weighted by Crippen LogP contribution is -2.39. The molecule has 0 aliphatic heterocycles. The molecular weight excluding hydrogens is 234 g/mol. The van der Waals surface area contributed by atoms with Crippen molar-refractivity contribution < 1.29 is 9.67 Å². The van der Waals surface area contributed by atoms with Crippen molar-refractivity contribution in [3.63, 3.8) is 0 Å². The molecule has 0 atom stereocenters. The Bertz CT molecular complexity index is 564. The van der Waals surface area contributed by atoms with E-state index in [9.17, 15) is 0 Å². The summed E-state index contributed by atoms with van der Waals surface area (Å²) < 4.78 is 1.84. The first-order valence-electron chi connectivity index (χ1n) is 6.00. The molecular formula is C12H16N3OS+. The van der Waals surface area contributed by atoms with Crippen LogP contribution in [-0.4, -0.2) is 16.7 Å². The first kappa shape index (κ1) is 10.9. The SMILES string of the molecule is Nc1c2c3c(sc2nc[n+]1CCO)CCCC3. The summed E-state index contributed by atoms with van der Waals surface area (Å²) in [4.78, 5) is 6.95. The van der Waals surface area contributed by atoms with E-state index >= 15 is 0 Å². The molecule has 0 saturated heterocycles. The Balaban J connectivity index is 2.23. The summed E-state index contributed by atoms with van der Waals surface area (Å²) in [6.07, 6.45) is 6.53. The lowest BCUT2D eigenvalue weighted by atomic mass is 9.97. The molecule has 3 rings (SSSR count). The number of nitrogens with zero attached hydrogens (tertiary/aromatic N) is 2. The molecule has 0 radical (unpaired) electrons. The minimum atomic E-state index is 0.0916. The van der Waals surface area contributed by atoms with Crippen LogP contribution in [0.25, 0.3) is 10.2 Å². The maximum absolute atomic E-state index is 9.00. The number of rotatable bonds is 2. The molecule has 1 aliphatic rings. The van der Waals surface area contributed by atoms with Gasteiger partial charge in [0, 0.05) is 4.88 Å². The zero-order valence-corrected chi connectivity index (χ0v) is 10.5. The number of nitrogen functional groups attached to an aromatic ring is 1. The molecule has 0 fully saturated rings. The average Bonchev–Trinajstić information content (AvgIpc) is 2.72. The van der Waals surface area contributed by atoms with Gasteiger partial charge in [-0.1, -0.05) is 4.98 Å². The highest BCUT2D eigenvalue weighted by molar-refractivity contribution is 7.18. The van der Waals surface area contributed by atoms with Crippen molar-refractivity contribution in [1.29, 1.82) is 0 Å². The Hall–Kier alpha value is -1.20. The number of nitrogens with two attached hydrogens (primary N) is 1. The predicted molar refractivity (Wildman–Crippen MR) is 68.0 cm³/mol. The van der Waals surface area contributed by atoms with E-state index in [1.165, 1.54) is 23.3 Å². The smallest absolute Gasteiger partial charge is 0.231 e. The van der Waals surface area contributed by atoms with Gasteiger partial charge in [-0.15, -0.1) is 11.3 Å². The van der Waals surface area contributed by atoms with Crippen LogP contribution in [-0.2, 0) is 19.4 Å². The maximum Gasteiger partial charge on any atom is 0.231 e. The summed E-state index contributed by atoms with van der Waals surface area (Å²) in [5.74, 6) is 0.753. The van der Waals surface area contributed by atoms with Crippen molar-refractivity contribution in [2.24, 2.45) is 0 Å². The van der Waals surface area contributed by atoms with Crippen LogP contribution in [0.5, 0.6) is 0 Å². The van der Waals surface area contributed by atoms with Crippen LogP contribution < -0.4 is 10.3 Å². The number of hydrogen-bond donors (Lipinski definition) is 2. The Labute approximate surface area is 104 Å². The highest BCUT2D eigenvalue weighted by atomic mass is 32.1. The molecule has 4 nitrogen and oxygen atoms in total. The third-order valence-electron chi connectivity index (χ3n) is 3.37. The van der Waals surface area contributed by atoms with Crippen LogP contribution in [0.1, 0.15) is 23.3 Å². The number of anilines is 1. The highest BCUT2D eigenvalue weighted by Crippen LogP contribution is 2.36. The molecule has 2 heterocycles. The predicted octanol–water partition coefficient (Wildman–Crippen LogP) is 1.04. The van der Waals surface area contributed by atoms with Gasteiger partial charge >= 0.3 is 0 Å². The zero-order valence-electron chi connectivity index (χ0n) is 9.65. The summed E-state index contributed by atoms with van der Waals surface area (Å²) in [7, 11) is 0. The van der Waals surface area contributed by atoms with Gasteiger partial charge in [0.25, 0.3) is 0 Å². The summed E-state index contributed by atoms with van der Waals surface area (Å²) in [6.45, 7) is 0.605. The monoisotopic (exact) mass is 250 g/mol. The standard InChI is InChI=1S/C12H15N3OS/c13-11-10-8-3-1-2-4-9(8)17-12(10)14-7-15(11)5-6-16/h7,13,16H,1-6H2/p+1. The van der Waals surface area contributed by atoms with Crippen LogP contribution in [0.4, 0.5) is 5.82 Å². The summed E-state index contributed by atoms with van der Waals surface area (Å²) in [5, 5.41) is 10.1. The highest BCUT2D eigenvalue weighted by Gasteiger charge is 2.23. The second-order valence-electron chi connectivity index (χ2n) is 4.44. The lowest BCUT2D eigenvalue weighted by Gasteiger charge is -2.10. The summed E-state index contributed by atoms with van der Waals surface area (Å²) >= 11 is 1.77. The Morgan fingerprint density at radius 1 is 1.41 bits per heavy atom. The molecule has 3 N–H and O–H groups in total. The number of thiophene rings is 1. The molecule has 1 aliphatic carbocycles. The molecule has 0 amide bonds. The fourth-order valence-corrected chi connectivity index (χ4v) is 3.76. The number of aliphatic hydroxyl groups is 1. The van der Waals surface area contributed by atoms with E-state index in [0.717, 1.165) is 28.9 Å². The normalized spacial score (nSPS) is 15.1. The third kappa shape index (κ3) is 1.70.